The minimum atomic E-state index is -3.66. The Morgan fingerprint density at radius 1 is 1.15 bits per heavy atom. The van der Waals surface area contributed by atoms with Gasteiger partial charge in [0.05, 0.1) is 0 Å². The molecule has 0 radical (unpaired) electrons. The zero-order valence-electron chi connectivity index (χ0n) is 11.7. The third-order valence-corrected chi connectivity index (χ3v) is 4.81. The first kappa shape index (κ1) is 15.0. The summed E-state index contributed by atoms with van der Waals surface area (Å²) in [7, 11) is -3.66. The Kier molecular flexibility index (Phi) is 4.12. The van der Waals surface area contributed by atoms with Crippen LogP contribution in [0.1, 0.15) is 21.5 Å². The zero-order valence-corrected chi connectivity index (χ0v) is 12.5. The minimum Gasteiger partial charge on any atom is -0.336 e. The number of benzene rings is 1. The number of aryl methyl sites for hydroxylation is 1. The van der Waals surface area contributed by atoms with E-state index in [2.05, 4.69) is 0 Å². The van der Waals surface area contributed by atoms with Crippen LogP contribution in [0.15, 0.2) is 18.2 Å². The smallest absolute Gasteiger partial charge is 0.277 e. The molecule has 1 aromatic rings. The fourth-order valence-electron chi connectivity index (χ4n) is 2.30. The molecule has 1 aromatic carbocycles. The van der Waals surface area contributed by atoms with Crippen molar-refractivity contribution in [1.82, 2.24) is 9.21 Å². The molecule has 20 heavy (non-hydrogen) atoms. The van der Waals surface area contributed by atoms with Crippen LogP contribution in [0.25, 0.3) is 0 Å². The molecule has 1 heterocycles. The van der Waals surface area contributed by atoms with Gasteiger partial charge in [-0.05, 0) is 31.0 Å². The fourth-order valence-corrected chi connectivity index (χ4v) is 2.97. The molecule has 0 saturated carbocycles. The molecule has 1 amide bonds. The summed E-state index contributed by atoms with van der Waals surface area (Å²) in [5, 5.41) is 5.08. The quantitative estimate of drug-likeness (QED) is 0.850. The highest BCUT2D eigenvalue weighted by Gasteiger charge is 2.27. The maximum atomic E-state index is 12.5. The molecule has 1 fully saturated rings. The van der Waals surface area contributed by atoms with Crippen molar-refractivity contribution in [3.05, 3.63) is 34.9 Å². The second-order valence-corrected chi connectivity index (χ2v) is 6.53. The van der Waals surface area contributed by atoms with Crippen LogP contribution in [0.5, 0.6) is 0 Å². The van der Waals surface area contributed by atoms with E-state index in [4.69, 9.17) is 5.14 Å². The van der Waals surface area contributed by atoms with Crippen LogP contribution in [0.3, 0.4) is 0 Å². The molecule has 1 aliphatic rings. The Labute approximate surface area is 119 Å². The molecule has 6 nitrogen and oxygen atoms in total. The van der Waals surface area contributed by atoms with Gasteiger partial charge in [-0.25, -0.2) is 5.14 Å². The van der Waals surface area contributed by atoms with Gasteiger partial charge in [-0.2, -0.15) is 12.7 Å². The molecule has 0 spiro atoms. The van der Waals surface area contributed by atoms with Crippen molar-refractivity contribution in [2.45, 2.75) is 13.8 Å². The lowest BCUT2D eigenvalue weighted by molar-refractivity contribution is 0.0697. The highest BCUT2D eigenvalue weighted by Crippen LogP contribution is 2.16. The lowest BCUT2D eigenvalue weighted by Gasteiger charge is -2.33. The molecule has 1 aliphatic heterocycles. The number of amides is 1. The van der Waals surface area contributed by atoms with Crippen LogP contribution in [0.4, 0.5) is 0 Å². The van der Waals surface area contributed by atoms with Crippen LogP contribution in [0.2, 0.25) is 0 Å². The van der Waals surface area contributed by atoms with Crippen molar-refractivity contribution in [1.29, 1.82) is 0 Å². The van der Waals surface area contributed by atoms with Gasteiger partial charge in [0.2, 0.25) is 0 Å². The van der Waals surface area contributed by atoms with Gasteiger partial charge in [0.25, 0.3) is 16.1 Å². The van der Waals surface area contributed by atoms with E-state index in [-0.39, 0.29) is 19.0 Å². The van der Waals surface area contributed by atoms with Gasteiger partial charge in [-0.15, -0.1) is 0 Å². The molecule has 110 valence electrons. The maximum Gasteiger partial charge on any atom is 0.277 e. The van der Waals surface area contributed by atoms with E-state index >= 15 is 0 Å². The summed E-state index contributed by atoms with van der Waals surface area (Å²) >= 11 is 0. The van der Waals surface area contributed by atoms with Gasteiger partial charge in [0.15, 0.2) is 0 Å². The third kappa shape index (κ3) is 3.00. The van der Waals surface area contributed by atoms with Gasteiger partial charge in [-0.1, -0.05) is 12.1 Å². The van der Waals surface area contributed by atoms with Gasteiger partial charge in [0.1, 0.15) is 0 Å². The summed E-state index contributed by atoms with van der Waals surface area (Å²) in [4.78, 5) is 14.1. The third-order valence-electron chi connectivity index (χ3n) is 3.72. The van der Waals surface area contributed by atoms with E-state index < -0.39 is 10.2 Å². The van der Waals surface area contributed by atoms with E-state index in [1.807, 2.05) is 26.0 Å². The number of nitrogens with zero attached hydrogens (tertiary/aromatic N) is 2. The van der Waals surface area contributed by atoms with Crippen molar-refractivity contribution in [3.63, 3.8) is 0 Å². The van der Waals surface area contributed by atoms with Crippen molar-refractivity contribution in [3.8, 4) is 0 Å². The molecule has 7 heteroatoms. The van der Waals surface area contributed by atoms with Gasteiger partial charge in [-0.3, -0.25) is 4.79 Å². The van der Waals surface area contributed by atoms with Crippen LogP contribution in [-0.4, -0.2) is 49.7 Å². The molecule has 1 saturated heterocycles. The maximum absolute atomic E-state index is 12.5. The largest absolute Gasteiger partial charge is 0.336 e. The SMILES string of the molecule is Cc1cccc(C(=O)N2CCN(S(N)(=O)=O)CC2)c1C. The van der Waals surface area contributed by atoms with Crippen molar-refractivity contribution < 1.29 is 13.2 Å². The Morgan fingerprint density at radius 2 is 1.75 bits per heavy atom. The second-order valence-electron chi connectivity index (χ2n) is 4.98. The summed E-state index contributed by atoms with van der Waals surface area (Å²) in [6.45, 7) is 5.10. The van der Waals surface area contributed by atoms with E-state index in [0.717, 1.165) is 11.1 Å². The standard InChI is InChI=1S/C13H19N3O3S/c1-10-4-3-5-12(11(10)2)13(17)15-6-8-16(9-7-15)20(14,18)19/h3-5H,6-9H2,1-2H3,(H2,14,18,19). The van der Waals surface area contributed by atoms with E-state index in [9.17, 15) is 13.2 Å². The van der Waals surface area contributed by atoms with Crippen molar-refractivity contribution in [2.24, 2.45) is 5.14 Å². The van der Waals surface area contributed by atoms with E-state index in [1.54, 1.807) is 11.0 Å². The lowest BCUT2D eigenvalue weighted by Crippen LogP contribution is -2.52. The molecular formula is C13H19N3O3S. The van der Waals surface area contributed by atoms with Gasteiger partial charge >= 0.3 is 0 Å². The monoisotopic (exact) mass is 297 g/mol. The average molecular weight is 297 g/mol. The first-order valence-electron chi connectivity index (χ1n) is 6.44. The first-order valence-corrected chi connectivity index (χ1v) is 7.94. The topological polar surface area (TPSA) is 83.7 Å². The van der Waals surface area contributed by atoms with Crippen molar-refractivity contribution in [2.75, 3.05) is 26.2 Å². The molecule has 2 rings (SSSR count). The lowest BCUT2D eigenvalue weighted by atomic mass is 10.0. The summed E-state index contributed by atoms with van der Waals surface area (Å²) in [5.41, 5.74) is 2.71. The Balaban J connectivity index is 2.11. The summed E-state index contributed by atoms with van der Waals surface area (Å²) in [5.74, 6) is -0.0553. The molecular weight excluding hydrogens is 278 g/mol. The molecule has 2 N–H and O–H groups in total. The number of rotatable bonds is 2. The minimum absolute atomic E-state index is 0.0553. The van der Waals surface area contributed by atoms with Crippen LogP contribution in [0, 0.1) is 13.8 Å². The average Bonchev–Trinajstić information content (AvgIpc) is 2.40. The number of carbonyl (C=O) groups excluding carboxylic acids is 1. The number of hydrogen-bond donors (Lipinski definition) is 1. The fraction of sp³-hybridized carbons (Fsp3) is 0.462. The first-order chi connectivity index (χ1) is 9.30. The Hall–Kier alpha value is -1.44. The zero-order chi connectivity index (χ0) is 14.9. The molecule has 0 unspecified atom stereocenters. The molecule has 0 aromatic heterocycles. The highest BCUT2D eigenvalue weighted by molar-refractivity contribution is 7.86. The van der Waals surface area contributed by atoms with Crippen LogP contribution >= 0.6 is 0 Å². The number of piperazine rings is 1. The predicted octanol–water partition coefficient (Wildman–Crippen LogP) is 0.265. The summed E-state index contributed by atoms with van der Waals surface area (Å²) in [6.07, 6.45) is 0. The number of carbonyl (C=O) groups is 1. The van der Waals surface area contributed by atoms with Gasteiger partial charge in [0, 0.05) is 31.7 Å². The summed E-state index contributed by atoms with van der Waals surface area (Å²) < 4.78 is 23.7. The summed E-state index contributed by atoms with van der Waals surface area (Å²) in [6, 6.07) is 5.62. The normalized spacial score (nSPS) is 17.2. The molecule has 0 atom stereocenters. The molecule has 0 bridgehead atoms. The Morgan fingerprint density at radius 3 is 2.30 bits per heavy atom. The predicted molar refractivity (Wildman–Crippen MR) is 76.5 cm³/mol. The Bertz CT molecular complexity index is 620. The molecule has 0 aliphatic carbocycles. The highest BCUT2D eigenvalue weighted by atomic mass is 32.2. The second kappa shape index (κ2) is 5.51. The van der Waals surface area contributed by atoms with Crippen molar-refractivity contribution >= 4 is 16.1 Å². The number of nitrogens with two attached hydrogens (primary N) is 1. The van der Waals surface area contributed by atoms with Gasteiger partial charge < -0.3 is 4.90 Å². The van der Waals surface area contributed by atoms with E-state index in [1.165, 1.54) is 4.31 Å². The van der Waals surface area contributed by atoms with Crippen LogP contribution in [-0.2, 0) is 10.2 Å². The van der Waals surface area contributed by atoms with Crippen LogP contribution < -0.4 is 5.14 Å². The number of hydrogen-bond acceptors (Lipinski definition) is 3. The van der Waals surface area contributed by atoms with E-state index in [0.29, 0.717) is 18.7 Å².